The van der Waals surface area contributed by atoms with Gasteiger partial charge in [-0.3, -0.25) is 4.79 Å². The fourth-order valence-electron chi connectivity index (χ4n) is 3.23. The van der Waals surface area contributed by atoms with Crippen molar-refractivity contribution >= 4 is 11.4 Å². The molecule has 0 unspecified atom stereocenters. The average Bonchev–Trinajstić information content (AvgIpc) is 2.94. The lowest BCUT2D eigenvalue weighted by atomic mass is 10.0. The number of azo groups is 1. The van der Waals surface area contributed by atoms with Crippen molar-refractivity contribution in [3.8, 4) is 23.0 Å². The third kappa shape index (κ3) is 5.43. The van der Waals surface area contributed by atoms with Crippen LogP contribution in [0.15, 0.2) is 69.6 Å². The highest BCUT2D eigenvalue weighted by molar-refractivity contribution is 5.54. The van der Waals surface area contributed by atoms with Gasteiger partial charge in [0, 0.05) is 0 Å². The van der Waals surface area contributed by atoms with Crippen LogP contribution in [0.25, 0.3) is 0 Å². The van der Waals surface area contributed by atoms with Crippen LogP contribution in [0.2, 0.25) is 0 Å². The number of nitrogens with zero attached hydrogens (tertiary/aromatic N) is 2. The number of aryl methyl sites for hydroxylation is 3. The van der Waals surface area contributed by atoms with Gasteiger partial charge in [-0.05, 0) is 73.4 Å². The number of rotatable bonds is 8. The van der Waals surface area contributed by atoms with E-state index >= 15 is 0 Å². The van der Waals surface area contributed by atoms with E-state index in [1.165, 1.54) is 12.1 Å². The second-order valence-electron chi connectivity index (χ2n) is 7.21. The molecule has 0 radical (unpaired) electrons. The highest BCUT2D eigenvalue weighted by atomic mass is 16.5. The summed E-state index contributed by atoms with van der Waals surface area (Å²) >= 11 is 0. The fourth-order valence-corrected chi connectivity index (χ4v) is 3.23. The van der Waals surface area contributed by atoms with Crippen LogP contribution in [0, 0.1) is 6.92 Å². The highest BCUT2D eigenvalue weighted by Gasteiger charge is 2.14. The van der Waals surface area contributed by atoms with Crippen LogP contribution in [0.3, 0.4) is 0 Å². The standard InChI is InChI=1S/C25H26N2O5/c1-16-5-9-19(10-6-16)26-27-20-11-12-21(28)22(29)15-18(20)8-7-17-13-23(30-2)25(32-4)24(14-17)31-3/h5-6,9-15H,7-8H2,1-4H3,(H,28,29). The normalized spacial score (nSPS) is 10.9. The van der Waals surface area contributed by atoms with Gasteiger partial charge >= 0.3 is 0 Å². The minimum atomic E-state index is -0.471. The third-order valence-corrected chi connectivity index (χ3v) is 5.00. The molecule has 0 spiro atoms. The van der Waals surface area contributed by atoms with Crippen molar-refractivity contribution in [3.05, 3.63) is 81.5 Å². The molecule has 0 aliphatic heterocycles. The van der Waals surface area contributed by atoms with Crippen molar-refractivity contribution in [2.75, 3.05) is 21.3 Å². The molecule has 166 valence electrons. The molecule has 0 aromatic heterocycles. The van der Waals surface area contributed by atoms with E-state index in [9.17, 15) is 9.90 Å². The van der Waals surface area contributed by atoms with Crippen molar-refractivity contribution in [1.29, 1.82) is 0 Å². The molecule has 0 amide bonds. The van der Waals surface area contributed by atoms with E-state index < -0.39 is 5.43 Å². The molecule has 3 aromatic rings. The van der Waals surface area contributed by atoms with Gasteiger partial charge in [0.05, 0.1) is 32.7 Å². The number of hydrogen-bond acceptors (Lipinski definition) is 7. The first-order chi connectivity index (χ1) is 15.4. The van der Waals surface area contributed by atoms with Gasteiger partial charge in [-0.25, -0.2) is 0 Å². The summed E-state index contributed by atoms with van der Waals surface area (Å²) in [6, 6.07) is 15.7. The molecule has 0 bridgehead atoms. The Kier molecular flexibility index (Phi) is 7.44. The molecule has 0 fully saturated rings. The maximum atomic E-state index is 12.2. The number of ether oxygens (including phenoxy) is 3. The molecule has 0 atom stereocenters. The van der Waals surface area contributed by atoms with Gasteiger partial charge in [-0.2, -0.15) is 10.2 Å². The van der Waals surface area contributed by atoms with Gasteiger partial charge in [-0.1, -0.05) is 17.7 Å². The van der Waals surface area contributed by atoms with Crippen molar-refractivity contribution in [1.82, 2.24) is 0 Å². The third-order valence-electron chi connectivity index (χ3n) is 5.00. The quantitative estimate of drug-likeness (QED) is 0.487. The Hall–Kier alpha value is -3.87. The van der Waals surface area contributed by atoms with E-state index in [1.807, 2.05) is 43.3 Å². The fraction of sp³-hybridized carbons (Fsp3) is 0.240. The summed E-state index contributed by atoms with van der Waals surface area (Å²) < 4.78 is 16.2. The van der Waals surface area contributed by atoms with E-state index in [-0.39, 0.29) is 5.75 Å². The van der Waals surface area contributed by atoms with Crippen LogP contribution >= 0.6 is 0 Å². The molecule has 0 saturated heterocycles. The largest absolute Gasteiger partial charge is 0.504 e. The Morgan fingerprint density at radius 1 is 0.812 bits per heavy atom. The van der Waals surface area contributed by atoms with E-state index in [4.69, 9.17) is 14.2 Å². The molecule has 0 aliphatic carbocycles. The molecule has 3 rings (SSSR count). The number of hydrogen-bond donors (Lipinski definition) is 1. The predicted molar refractivity (Wildman–Crippen MR) is 123 cm³/mol. The summed E-state index contributed by atoms with van der Waals surface area (Å²) in [6.07, 6.45) is 1.07. The smallest absolute Gasteiger partial charge is 0.220 e. The zero-order chi connectivity index (χ0) is 23.1. The first-order valence-electron chi connectivity index (χ1n) is 10.1. The van der Waals surface area contributed by atoms with Gasteiger partial charge < -0.3 is 19.3 Å². The summed E-state index contributed by atoms with van der Waals surface area (Å²) in [4.78, 5) is 12.2. The highest BCUT2D eigenvalue weighted by Crippen LogP contribution is 2.38. The Bertz CT molecular complexity index is 1150. The van der Waals surface area contributed by atoms with Crippen molar-refractivity contribution in [3.63, 3.8) is 0 Å². The molecule has 0 heterocycles. The second-order valence-corrected chi connectivity index (χ2v) is 7.21. The second kappa shape index (κ2) is 10.4. The van der Waals surface area contributed by atoms with Gasteiger partial charge in [-0.15, -0.1) is 0 Å². The number of methoxy groups -OCH3 is 3. The monoisotopic (exact) mass is 434 g/mol. The SMILES string of the molecule is COc1cc(CCc2cc(=O)c(O)ccc2N=Nc2ccc(C)cc2)cc(OC)c1OC. The number of benzene rings is 2. The average molecular weight is 434 g/mol. The van der Waals surface area contributed by atoms with Gasteiger partial charge in [0.25, 0.3) is 0 Å². The lowest BCUT2D eigenvalue weighted by Crippen LogP contribution is -2.00. The van der Waals surface area contributed by atoms with Crippen molar-refractivity contribution < 1.29 is 19.3 Å². The molecular weight excluding hydrogens is 408 g/mol. The topological polar surface area (TPSA) is 89.7 Å². The Morgan fingerprint density at radius 2 is 1.47 bits per heavy atom. The molecule has 3 aromatic carbocycles. The van der Waals surface area contributed by atoms with Crippen molar-refractivity contribution in [2.45, 2.75) is 19.8 Å². The summed E-state index contributed by atoms with van der Waals surface area (Å²) in [7, 11) is 4.68. The Balaban J connectivity index is 1.94. The van der Waals surface area contributed by atoms with Crippen LogP contribution in [0.4, 0.5) is 11.4 Å². The predicted octanol–water partition coefficient (Wildman–Crippen LogP) is 5.29. The van der Waals surface area contributed by atoms with E-state index in [0.29, 0.717) is 47.0 Å². The lowest BCUT2D eigenvalue weighted by molar-refractivity contribution is 0.324. The first-order valence-corrected chi connectivity index (χ1v) is 10.1. The zero-order valence-corrected chi connectivity index (χ0v) is 18.6. The first kappa shape index (κ1) is 22.8. The summed E-state index contributed by atoms with van der Waals surface area (Å²) in [5.41, 5.74) is 3.47. The molecule has 32 heavy (non-hydrogen) atoms. The van der Waals surface area contributed by atoms with E-state index in [0.717, 1.165) is 11.1 Å². The van der Waals surface area contributed by atoms with Crippen LogP contribution in [0.1, 0.15) is 16.7 Å². The molecule has 0 aliphatic rings. The summed E-state index contributed by atoms with van der Waals surface area (Å²) in [6.45, 7) is 2.00. The van der Waals surface area contributed by atoms with Gasteiger partial charge in [0.15, 0.2) is 17.2 Å². The summed E-state index contributed by atoms with van der Waals surface area (Å²) in [5.74, 6) is 1.30. The lowest BCUT2D eigenvalue weighted by Gasteiger charge is -2.14. The minimum Gasteiger partial charge on any atom is -0.504 e. The Labute approximate surface area is 186 Å². The van der Waals surface area contributed by atoms with Gasteiger partial charge in [0.2, 0.25) is 11.2 Å². The van der Waals surface area contributed by atoms with Crippen LogP contribution in [-0.4, -0.2) is 26.4 Å². The molecule has 0 saturated carbocycles. The van der Waals surface area contributed by atoms with E-state index in [1.54, 1.807) is 27.4 Å². The summed E-state index contributed by atoms with van der Waals surface area (Å²) in [5, 5.41) is 18.5. The maximum absolute atomic E-state index is 12.2. The van der Waals surface area contributed by atoms with Crippen LogP contribution in [0.5, 0.6) is 23.0 Å². The molecule has 7 nitrogen and oxygen atoms in total. The maximum Gasteiger partial charge on any atom is 0.220 e. The van der Waals surface area contributed by atoms with Crippen molar-refractivity contribution in [2.24, 2.45) is 10.2 Å². The molecule has 1 N–H and O–H groups in total. The molecular formula is C25H26N2O5. The minimum absolute atomic E-state index is 0.337. The van der Waals surface area contributed by atoms with Crippen LogP contribution in [-0.2, 0) is 12.8 Å². The van der Waals surface area contributed by atoms with E-state index in [2.05, 4.69) is 10.2 Å². The number of aromatic hydroxyl groups is 1. The molecule has 7 heteroatoms. The zero-order valence-electron chi connectivity index (χ0n) is 18.6. The van der Waals surface area contributed by atoms with Gasteiger partial charge in [0.1, 0.15) is 0 Å². The van der Waals surface area contributed by atoms with Crippen LogP contribution < -0.4 is 19.6 Å². The Morgan fingerprint density at radius 3 is 2.06 bits per heavy atom.